The van der Waals surface area contributed by atoms with Crippen LogP contribution < -0.4 is 0 Å². The summed E-state index contributed by atoms with van der Waals surface area (Å²) in [7, 11) is 5.71. The molecule has 0 radical (unpaired) electrons. The molecule has 1 amide bonds. The zero-order chi connectivity index (χ0) is 64.7. The molecule has 0 bridgehead atoms. The van der Waals surface area contributed by atoms with E-state index in [1.165, 1.54) is 124 Å². The minimum absolute atomic E-state index is 0.00607. The van der Waals surface area contributed by atoms with Crippen LogP contribution in [0.3, 0.4) is 0 Å². The van der Waals surface area contributed by atoms with Gasteiger partial charge in [-0.2, -0.15) is 0 Å². The highest BCUT2D eigenvalue weighted by Gasteiger charge is 2.38. The average molecular weight is 1320 g/mol. The Morgan fingerprint density at radius 1 is 0.457 bits per heavy atom. The number of halogens is 1. The molecule has 16 rings (SSSR count). The molecular formula is C79H84BrN11O3. The molecule has 3 aliphatic heterocycles. The number of H-pyrrole nitrogens is 4. The second kappa shape index (κ2) is 29.1. The molecule has 12 aromatic rings. The van der Waals surface area contributed by atoms with E-state index in [1.54, 1.807) is 0 Å². The van der Waals surface area contributed by atoms with E-state index in [4.69, 9.17) is 4.74 Å². The molecule has 1 aliphatic carbocycles. The third-order valence-electron chi connectivity index (χ3n) is 19.7. The van der Waals surface area contributed by atoms with Crippen LogP contribution in [-0.4, -0.2) is 107 Å². The average Bonchev–Trinajstić information content (AvgIpc) is 1.67. The number of methoxy groups -OCH3 is 1. The van der Waals surface area contributed by atoms with Gasteiger partial charge >= 0.3 is 5.97 Å². The lowest BCUT2D eigenvalue weighted by Gasteiger charge is -2.29. The van der Waals surface area contributed by atoms with Crippen LogP contribution in [0.1, 0.15) is 132 Å². The maximum atomic E-state index is 13.3. The Hall–Kier alpha value is -9.02. The number of nitrogens with one attached hydrogen (secondary N) is 4. The summed E-state index contributed by atoms with van der Waals surface area (Å²) >= 11 is 3.52. The van der Waals surface area contributed by atoms with Crippen LogP contribution in [0.2, 0.25) is 0 Å². The van der Waals surface area contributed by atoms with Crippen molar-refractivity contribution < 1.29 is 14.3 Å². The number of carbonyl (C=O) groups is 2. The second-order valence-corrected chi connectivity index (χ2v) is 27.1. The van der Waals surface area contributed by atoms with Gasteiger partial charge in [0.25, 0.3) is 0 Å². The second-order valence-electron chi connectivity index (χ2n) is 26.2. The number of benzene rings is 8. The Morgan fingerprint density at radius 3 is 1.24 bits per heavy atom. The molecule has 4 fully saturated rings. The first-order chi connectivity index (χ1) is 45.9. The van der Waals surface area contributed by atoms with Crippen LogP contribution in [-0.2, 0) is 14.3 Å². The number of aromatic amines is 4. The van der Waals surface area contributed by atoms with Crippen LogP contribution >= 0.6 is 15.9 Å². The van der Waals surface area contributed by atoms with E-state index < -0.39 is 0 Å². The Morgan fingerprint density at radius 2 is 0.819 bits per heavy atom. The fourth-order valence-electron chi connectivity index (χ4n) is 14.2. The Kier molecular flexibility index (Phi) is 19.7. The first-order valence-electron chi connectivity index (χ1n) is 33.5. The molecule has 0 unspecified atom stereocenters. The monoisotopic (exact) mass is 1310 g/mol. The number of carbonyl (C=O) groups excluding carboxylic acids is 2. The molecule has 4 N–H and O–H groups in total. The normalized spacial score (nSPS) is 17.9. The lowest BCUT2D eigenvalue weighted by atomic mass is 9.91. The van der Waals surface area contributed by atoms with E-state index in [2.05, 4.69) is 231 Å². The zero-order valence-corrected chi connectivity index (χ0v) is 56.1. The maximum Gasteiger partial charge on any atom is 0.306 e. The largest absolute Gasteiger partial charge is 0.469 e. The van der Waals surface area contributed by atoms with Crippen LogP contribution in [0.5, 0.6) is 0 Å². The minimum atomic E-state index is -0.386. The van der Waals surface area contributed by atoms with E-state index in [9.17, 15) is 9.59 Å². The molecule has 94 heavy (non-hydrogen) atoms. The van der Waals surface area contributed by atoms with Crippen LogP contribution in [0, 0.1) is 11.8 Å². The molecule has 15 heteroatoms. The van der Waals surface area contributed by atoms with Gasteiger partial charge in [0.15, 0.2) is 0 Å². The van der Waals surface area contributed by atoms with Crippen molar-refractivity contribution in [3.8, 4) is 45.0 Å². The molecule has 7 heterocycles. The molecule has 4 atom stereocenters. The SMILES string of the molecule is CN1CCC[C@H]1c1ncc(-c2ccc3cc(Br)ccc3c2)[nH]1.CN1CCC[C@H]1c1ncc(-c2ccc3ccccc3c2)[nH]1.COC(=O)C[C@H](C(=O)N1CCC[C@H]1c1ncc(-c2ccc3ccccc3c2)[nH]1)C(C)C.c1ccc2cc(-c3cnc(C4CCCC4)[nH]3)ccc2c1. The Labute approximate surface area is 559 Å². The molecule has 4 aromatic heterocycles. The van der Waals surface area contributed by atoms with E-state index >= 15 is 0 Å². The van der Waals surface area contributed by atoms with Crippen molar-refractivity contribution in [3.63, 3.8) is 0 Å². The van der Waals surface area contributed by atoms with Crippen LogP contribution in [0.4, 0.5) is 0 Å². The van der Waals surface area contributed by atoms with E-state index in [-0.39, 0.29) is 36.2 Å². The van der Waals surface area contributed by atoms with Crippen LogP contribution in [0.15, 0.2) is 193 Å². The van der Waals surface area contributed by atoms with Gasteiger partial charge in [-0.15, -0.1) is 0 Å². The molecule has 480 valence electrons. The highest BCUT2D eigenvalue weighted by atomic mass is 79.9. The zero-order valence-electron chi connectivity index (χ0n) is 54.5. The standard InChI is InChI=1S/C25H29N3O3.C18H18BrN3.C18H19N3.C18H18N2/c1-16(2)20(14-23(29)31-3)25(30)28-12-6-9-22(28)24-26-15-21(27-24)19-11-10-17-7-4-5-8-18(17)13-19;1-22-8-2-3-17(22)18-20-11-16(21-18)14-5-4-13-10-15(19)7-6-12(13)9-14;1-21-10-4-7-17(21)18-19-12-16(20-18)15-9-8-13-5-2-3-6-14(13)11-15;1-4-8-15-11-16(10-9-13(15)5-1)17-12-19-18(20-17)14-6-2-3-7-14/h4-5,7-8,10-11,13,15-16,20,22H,6,9,12,14H2,1-3H3,(H,26,27);4-7,9-11,17H,2-3,8H2,1H3,(H,20,21);2-3,5-6,8-9,11-12,17H,4,7,10H2,1H3,(H,19,20);1,4-5,8-12,14H,2-3,6-7H2,(H,19,20)/t20-,22-;2*17-;/m000./s1. The molecule has 3 saturated heterocycles. The van der Waals surface area contributed by atoms with Crippen molar-refractivity contribution in [2.75, 3.05) is 40.8 Å². The van der Waals surface area contributed by atoms with Gasteiger partial charge in [-0.25, -0.2) is 19.9 Å². The molecule has 1 saturated carbocycles. The third-order valence-corrected chi connectivity index (χ3v) is 20.2. The number of rotatable bonds is 12. The first-order valence-corrected chi connectivity index (χ1v) is 34.3. The fourth-order valence-corrected chi connectivity index (χ4v) is 14.6. The quantitative estimate of drug-likeness (QED) is 0.0870. The summed E-state index contributed by atoms with van der Waals surface area (Å²) in [6.45, 7) is 6.95. The molecule has 14 nitrogen and oxygen atoms in total. The van der Waals surface area contributed by atoms with Gasteiger partial charge in [0.1, 0.15) is 23.3 Å². The molecular weight excluding hydrogens is 1230 g/mol. The van der Waals surface area contributed by atoms with Crippen molar-refractivity contribution in [3.05, 3.63) is 216 Å². The number of hydrogen-bond donors (Lipinski definition) is 4. The van der Waals surface area contributed by atoms with Gasteiger partial charge in [0.05, 0.1) is 85.1 Å². The van der Waals surface area contributed by atoms with E-state index in [1.807, 2.05) is 55.7 Å². The summed E-state index contributed by atoms with van der Waals surface area (Å²) in [6, 6.07) is 58.4. The fraction of sp³-hybridized carbons (Fsp3) is 0.316. The maximum absolute atomic E-state index is 13.3. The molecule has 4 aliphatic rings. The number of amides is 1. The van der Waals surface area contributed by atoms with Gasteiger partial charge in [-0.1, -0.05) is 170 Å². The summed E-state index contributed by atoms with van der Waals surface area (Å²) in [5, 5.41) is 9.97. The first kappa shape index (κ1) is 63.7. The summed E-state index contributed by atoms with van der Waals surface area (Å²) < 4.78 is 5.92. The highest BCUT2D eigenvalue weighted by Crippen LogP contribution is 2.38. The van der Waals surface area contributed by atoms with Crippen molar-refractivity contribution in [2.24, 2.45) is 11.8 Å². The van der Waals surface area contributed by atoms with Gasteiger partial charge in [0.2, 0.25) is 5.91 Å². The number of likely N-dealkylation sites (tertiary alicyclic amines) is 3. The van der Waals surface area contributed by atoms with Gasteiger partial charge in [-0.05, 0) is 164 Å². The predicted molar refractivity (Wildman–Crippen MR) is 383 cm³/mol. The van der Waals surface area contributed by atoms with Crippen molar-refractivity contribution in [2.45, 2.75) is 109 Å². The Bertz CT molecular complexity index is 4580. The number of esters is 1. The minimum Gasteiger partial charge on any atom is -0.469 e. The van der Waals surface area contributed by atoms with Crippen molar-refractivity contribution in [1.82, 2.24) is 54.6 Å². The topological polar surface area (TPSA) is 168 Å². The number of nitrogens with zero attached hydrogens (tertiary/aromatic N) is 7. The van der Waals surface area contributed by atoms with Gasteiger partial charge in [-0.3, -0.25) is 19.4 Å². The number of imidazole rings is 4. The van der Waals surface area contributed by atoms with E-state index in [0.29, 0.717) is 24.5 Å². The Balaban J connectivity index is 0.000000116. The lowest BCUT2D eigenvalue weighted by Crippen LogP contribution is -2.39. The number of fused-ring (bicyclic) bond motifs is 4. The summed E-state index contributed by atoms with van der Waals surface area (Å²) in [6.07, 6.45) is 19.8. The molecule has 0 spiro atoms. The number of aromatic nitrogens is 8. The van der Waals surface area contributed by atoms with Crippen LogP contribution in [0.25, 0.3) is 88.1 Å². The smallest absolute Gasteiger partial charge is 0.306 e. The highest BCUT2D eigenvalue weighted by molar-refractivity contribution is 9.10. The number of ether oxygens (including phenoxy) is 1. The summed E-state index contributed by atoms with van der Waals surface area (Å²) in [4.78, 5) is 64.2. The van der Waals surface area contributed by atoms with Crippen molar-refractivity contribution in [1.29, 1.82) is 0 Å². The number of hydrogen-bond acceptors (Lipinski definition) is 9. The van der Waals surface area contributed by atoms with Gasteiger partial charge in [0, 0.05) is 39.2 Å². The summed E-state index contributed by atoms with van der Waals surface area (Å²) in [5.41, 5.74) is 8.96. The summed E-state index contributed by atoms with van der Waals surface area (Å²) in [5.74, 6) is 4.13. The molecule has 8 aromatic carbocycles. The van der Waals surface area contributed by atoms with Gasteiger partial charge < -0.3 is 29.6 Å². The van der Waals surface area contributed by atoms with E-state index in [0.717, 1.165) is 76.2 Å². The lowest BCUT2D eigenvalue weighted by molar-refractivity contribution is -0.148. The third kappa shape index (κ3) is 14.5. The van der Waals surface area contributed by atoms with Crippen molar-refractivity contribution >= 4 is 70.9 Å². The predicted octanol–water partition coefficient (Wildman–Crippen LogP) is 18.4.